The summed E-state index contributed by atoms with van der Waals surface area (Å²) in [5.41, 5.74) is 0.248. The van der Waals surface area contributed by atoms with Crippen LogP contribution < -0.4 is 5.32 Å². The Bertz CT molecular complexity index is 326. The second-order valence-corrected chi connectivity index (χ2v) is 3.97. The molecular weight excluding hydrogens is 208 g/mol. The van der Waals surface area contributed by atoms with E-state index >= 15 is 0 Å². The predicted molar refractivity (Wildman–Crippen MR) is 62.4 cm³/mol. The van der Waals surface area contributed by atoms with Gasteiger partial charge in [0.1, 0.15) is 11.9 Å². The van der Waals surface area contributed by atoms with Crippen LogP contribution >= 0.6 is 0 Å². The molecular formula is C11H20N2O3. The zero-order valence-electron chi connectivity index (χ0n) is 10.7. The number of amides is 1. The first-order valence-electron chi connectivity index (χ1n) is 5.29. The number of rotatable bonds is 1. The fourth-order valence-electron chi connectivity index (χ4n) is 0.808. The Morgan fingerprint density at radius 2 is 2.00 bits per heavy atom. The monoisotopic (exact) mass is 228 g/mol. The molecule has 1 N–H and O–H groups in total. The molecule has 0 atom stereocenters. The van der Waals surface area contributed by atoms with Crippen molar-refractivity contribution in [2.75, 3.05) is 5.32 Å². The van der Waals surface area contributed by atoms with Gasteiger partial charge >= 0.3 is 6.09 Å². The predicted octanol–water partition coefficient (Wildman–Crippen LogP) is 3.36. The summed E-state index contributed by atoms with van der Waals surface area (Å²) in [7, 11) is 0. The number of carbonyl (C=O) groups is 1. The van der Waals surface area contributed by atoms with Crippen molar-refractivity contribution in [3.8, 4) is 0 Å². The summed E-state index contributed by atoms with van der Waals surface area (Å²) in [5.74, 6) is 0.388. The molecule has 0 aliphatic carbocycles. The average Bonchev–Trinajstić information content (AvgIpc) is 2.52. The van der Waals surface area contributed by atoms with E-state index in [-0.39, 0.29) is 0 Å². The number of hydrogen-bond acceptors (Lipinski definition) is 4. The maximum absolute atomic E-state index is 11.3. The first kappa shape index (κ1) is 14.5. The summed E-state index contributed by atoms with van der Waals surface area (Å²) >= 11 is 0. The molecule has 1 aromatic heterocycles. The smallest absolute Gasteiger partial charge is 0.413 e. The summed E-state index contributed by atoms with van der Waals surface area (Å²) in [6, 6.07) is 0. The largest absolute Gasteiger partial charge is 0.444 e. The fraction of sp³-hybridized carbons (Fsp3) is 0.636. The Kier molecular flexibility index (Phi) is 5.56. The van der Waals surface area contributed by atoms with Crippen molar-refractivity contribution in [1.82, 2.24) is 5.16 Å². The van der Waals surface area contributed by atoms with Crippen molar-refractivity contribution < 1.29 is 14.1 Å². The number of aryl methyl sites for hydroxylation is 1. The van der Waals surface area contributed by atoms with E-state index in [0.29, 0.717) is 5.82 Å². The third kappa shape index (κ3) is 5.38. The van der Waals surface area contributed by atoms with Gasteiger partial charge in [0.05, 0.1) is 0 Å². The van der Waals surface area contributed by atoms with Crippen molar-refractivity contribution in [3.63, 3.8) is 0 Å². The molecule has 0 aromatic carbocycles. The topological polar surface area (TPSA) is 64.4 Å². The molecule has 92 valence electrons. The van der Waals surface area contributed by atoms with E-state index in [4.69, 9.17) is 4.74 Å². The van der Waals surface area contributed by atoms with Gasteiger partial charge in [-0.05, 0) is 27.7 Å². The van der Waals surface area contributed by atoms with Crippen LogP contribution in [0, 0.1) is 6.92 Å². The van der Waals surface area contributed by atoms with E-state index in [2.05, 4.69) is 15.0 Å². The molecule has 16 heavy (non-hydrogen) atoms. The summed E-state index contributed by atoms with van der Waals surface area (Å²) in [5, 5.41) is 6.08. The third-order valence-corrected chi connectivity index (χ3v) is 1.37. The van der Waals surface area contributed by atoms with Crippen molar-refractivity contribution in [1.29, 1.82) is 0 Å². The number of aromatic nitrogens is 1. The molecule has 0 aliphatic rings. The number of anilines is 1. The average molecular weight is 228 g/mol. The Morgan fingerprint density at radius 1 is 1.44 bits per heavy atom. The summed E-state index contributed by atoms with van der Waals surface area (Å²) < 4.78 is 9.69. The van der Waals surface area contributed by atoms with Crippen molar-refractivity contribution in [3.05, 3.63) is 11.8 Å². The molecule has 0 saturated carbocycles. The van der Waals surface area contributed by atoms with Crippen LogP contribution in [0.5, 0.6) is 0 Å². The van der Waals surface area contributed by atoms with Crippen LogP contribution in [0.1, 0.15) is 40.2 Å². The lowest BCUT2D eigenvalue weighted by Crippen LogP contribution is -2.27. The van der Waals surface area contributed by atoms with Crippen LogP contribution in [0.4, 0.5) is 10.6 Å². The lowest BCUT2D eigenvalue weighted by atomic mass is 10.2. The quantitative estimate of drug-likeness (QED) is 0.800. The summed E-state index contributed by atoms with van der Waals surface area (Å²) in [6.45, 7) is 11.2. The van der Waals surface area contributed by atoms with E-state index in [9.17, 15) is 4.79 Å². The normalized spacial score (nSPS) is 10.1. The van der Waals surface area contributed by atoms with E-state index < -0.39 is 11.7 Å². The Hall–Kier alpha value is -1.52. The SMILES string of the molecule is CC.Cc1conc1NC(=O)OC(C)(C)C. The molecule has 0 spiro atoms. The minimum absolute atomic E-state index is 0.388. The van der Waals surface area contributed by atoms with Crippen LogP contribution in [0.3, 0.4) is 0 Å². The fourth-order valence-corrected chi connectivity index (χ4v) is 0.808. The number of nitrogens with zero attached hydrogens (tertiary/aromatic N) is 1. The van der Waals surface area contributed by atoms with Gasteiger partial charge in [-0.25, -0.2) is 4.79 Å². The van der Waals surface area contributed by atoms with E-state index in [1.165, 1.54) is 6.26 Å². The van der Waals surface area contributed by atoms with Crippen LogP contribution in [0.2, 0.25) is 0 Å². The molecule has 0 saturated heterocycles. The second kappa shape index (κ2) is 6.15. The second-order valence-electron chi connectivity index (χ2n) is 3.97. The maximum atomic E-state index is 11.3. The first-order valence-corrected chi connectivity index (χ1v) is 5.29. The minimum Gasteiger partial charge on any atom is -0.444 e. The molecule has 1 heterocycles. The highest BCUT2D eigenvalue weighted by Gasteiger charge is 2.17. The number of carbonyl (C=O) groups excluding carboxylic acids is 1. The molecule has 5 heteroatoms. The van der Waals surface area contributed by atoms with Crippen LogP contribution in [0.15, 0.2) is 10.8 Å². The van der Waals surface area contributed by atoms with E-state index in [0.717, 1.165) is 5.56 Å². The zero-order chi connectivity index (χ0) is 12.8. The lowest BCUT2D eigenvalue weighted by molar-refractivity contribution is 0.0634. The summed E-state index contributed by atoms with van der Waals surface area (Å²) in [6.07, 6.45) is 0.918. The molecule has 0 unspecified atom stereocenters. The van der Waals surface area contributed by atoms with Gasteiger partial charge in [-0.1, -0.05) is 19.0 Å². The van der Waals surface area contributed by atoms with Gasteiger partial charge < -0.3 is 9.26 Å². The van der Waals surface area contributed by atoms with Crippen LogP contribution in [0.25, 0.3) is 0 Å². The van der Waals surface area contributed by atoms with E-state index in [1.807, 2.05) is 13.8 Å². The van der Waals surface area contributed by atoms with Gasteiger partial charge in [-0.2, -0.15) is 0 Å². The standard InChI is InChI=1S/C9H14N2O3.C2H6/c1-6-5-13-11-7(6)10-8(12)14-9(2,3)4;1-2/h5H,1-4H3,(H,10,11,12);1-2H3. The highest BCUT2D eigenvalue weighted by atomic mass is 16.6. The van der Waals surface area contributed by atoms with Gasteiger partial charge in [0, 0.05) is 5.56 Å². The van der Waals surface area contributed by atoms with Crippen LogP contribution in [-0.2, 0) is 4.74 Å². The van der Waals surface area contributed by atoms with Crippen molar-refractivity contribution in [2.45, 2.75) is 47.1 Å². The zero-order valence-corrected chi connectivity index (χ0v) is 10.7. The van der Waals surface area contributed by atoms with Gasteiger partial charge in [0.25, 0.3) is 0 Å². The molecule has 0 radical (unpaired) electrons. The van der Waals surface area contributed by atoms with Crippen molar-refractivity contribution in [2.24, 2.45) is 0 Å². The summed E-state index contributed by atoms with van der Waals surface area (Å²) in [4.78, 5) is 11.3. The minimum atomic E-state index is -0.533. The molecule has 0 fully saturated rings. The number of nitrogens with one attached hydrogen (secondary N) is 1. The van der Waals surface area contributed by atoms with Crippen LogP contribution in [-0.4, -0.2) is 16.9 Å². The highest BCUT2D eigenvalue weighted by Crippen LogP contribution is 2.13. The Morgan fingerprint density at radius 3 is 2.38 bits per heavy atom. The van der Waals surface area contributed by atoms with Crippen molar-refractivity contribution >= 4 is 11.9 Å². The molecule has 1 amide bonds. The number of hydrogen-bond donors (Lipinski definition) is 1. The first-order chi connectivity index (χ1) is 7.38. The molecule has 0 bridgehead atoms. The van der Waals surface area contributed by atoms with E-state index in [1.54, 1.807) is 27.7 Å². The highest BCUT2D eigenvalue weighted by molar-refractivity contribution is 5.84. The molecule has 5 nitrogen and oxygen atoms in total. The van der Waals surface area contributed by atoms with Gasteiger partial charge in [0.15, 0.2) is 5.82 Å². The van der Waals surface area contributed by atoms with Gasteiger partial charge in [-0.15, -0.1) is 0 Å². The van der Waals surface area contributed by atoms with Gasteiger partial charge in [0.2, 0.25) is 0 Å². The Balaban J connectivity index is 0.00000106. The van der Waals surface area contributed by atoms with Gasteiger partial charge in [-0.3, -0.25) is 5.32 Å². The molecule has 1 rings (SSSR count). The third-order valence-electron chi connectivity index (χ3n) is 1.37. The lowest BCUT2D eigenvalue weighted by Gasteiger charge is -2.19. The maximum Gasteiger partial charge on any atom is 0.413 e. The Labute approximate surface area is 96.1 Å². The molecule has 0 aliphatic heterocycles. The number of ether oxygens (including phenoxy) is 1. The molecule has 1 aromatic rings.